The highest BCUT2D eigenvalue weighted by molar-refractivity contribution is 5.92. The summed E-state index contributed by atoms with van der Waals surface area (Å²) in [6, 6.07) is 0. The van der Waals surface area contributed by atoms with Gasteiger partial charge >= 0.3 is 11.9 Å². The molecule has 0 bridgehead atoms. The molecule has 0 aromatic rings. The fraction of sp³-hybridized carbons (Fsp3) is 0.500. The van der Waals surface area contributed by atoms with Gasteiger partial charge in [-0.3, -0.25) is 0 Å². The van der Waals surface area contributed by atoms with Gasteiger partial charge in [0.25, 0.3) is 0 Å². The van der Waals surface area contributed by atoms with Crippen molar-refractivity contribution in [3.05, 3.63) is 47.1 Å². The topological polar surface area (TPSA) is 72.8 Å². The number of fused-ring (bicyclic) bond motifs is 1. The number of carbonyl (C=O) groups is 2. The number of esters is 2. The molecule has 0 unspecified atom stereocenters. The Hall–Kier alpha value is -2.14. The van der Waals surface area contributed by atoms with Crippen LogP contribution >= 0.6 is 0 Å². The smallest absolute Gasteiger partial charge is 0.334 e. The number of aliphatic hydroxyl groups is 1. The lowest BCUT2D eigenvalue weighted by Gasteiger charge is -2.28. The lowest BCUT2D eigenvalue weighted by Crippen LogP contribution is -2.34. The molecule has 136 valence electrons. The zero-order chi connectivity index (χ0) is 18.7. The Labute approximate surface area is 148 Å². The standard InChI is InChI=1S/C20H26O5/c1-6-12(3)19(22)24-16-9-11(2)7-8-15(21)13(4)10-17-18(16)14(5)20(23)25-17/h6-7,10,15-18,21H,5,8-9H2,1-4H3/b11-7+,12-6+,13-10-/t15-,16-,17+,18-/m1/s1. The van der Waals surface area contributed by atoms with E-state index in [1.165, 1.54) is 0 Å². The third-order valence-electron chi connectivity index (χ3n) is 4.84. The highest BCUT2D eigenvalue weighted by Gasteiger charge is 2.44. The Bertz CT molecular complexity index is 668. The summed E-state index contributed by atoms with van der Waals surface area (Å²) < 4.78 is 11.1. The van der Waals surface area contributed by atoms with Gasteiger partial charge in [0, 0.05) is 17.6 Å². The van der Waals surface area contributed by atoms with E-state index in [0.29, 0.717) is 24.0 Å². The zero-order valence-electron chi connectivity index (χ0n) is 15.2. The lowest BCUT2D eigenvalue weighted by atomic mass is 9.85. The molecule has 4 atom stereocenters. The van der Waals surface area contributed by atoms with Crippen LogP contribution in [0.2, 0.25) is 0 Å². The van der Waals surface area contributed by atoms with E-state index in [4.69, 9.17) is 9.47 Å². The Morgan fingerprint density at radius 3 is 2.76 bits per heavy atom. The van der Waals surface area contributed by atoms with Crippen molar-refractivity contribution >= 4 is 11.9 Å². The molecule has 1 heterocycles. The molecule has 0 amide bonds. The molecule has 0 saturated carbocycles. The number of hydrogen-bond acceptors (Lipinski definition) is 5. The van der Waals surface area contributed by atoms with Crippen molar-refractivity contribution < 1.29 is 24.2 Å². The fourth-order valence-corrected chi connectivity index (χ4v) is 3.04. The summed E-state index contributed by atoms with van der Waals surface area (Å²) in [6.07, 6.45) is 4.51. The molecular weight excluding hydrogens is 320 g/mol. The largest absolute Gasteiger partial charge is 0.458 e. The van der Waals surface area contributed by atoms with E-state index in [1.807, 2.05) is 13.0 Å². The van der Waals surface area contributed by atoms with Crippen LogP contribution in [0, 0.1) is 5.92 Å². The van der Waals surface area contributed by atoms with Crippen molar-refractivity contribution in [1.29, 1.82) is 0 Å². The molecule has 0 aromatic heterocycles. The van der Waals surface area contributed by atoms with Crippen LogP contribution in [0.5, 0.6) is 0 Å². The van der Waals surface area contributed by atoms with Crippen LogP contribution in [0.25, 0.3) is 0 Å². The van der Waals surface area contributed by atoms with Gasteiger partial charge in [-0.15, -0.1) is 0 Å². The fourth-order valence-electron chi connectivity index (χ4n) is 3.04. The molecule has 0 aromatic carbocycles. The molecule has 5 heteroatoms. The Kier molecular flexibility index (Phi) is 6.01. The normalized spacial score (nSPS) is 35.0. The van der Waals surface area contributed by atoms with E-state index in [9.17, 15) is 14.7 Å². The monoisotopic (exact) mass is 346 g/mol. The average molecular weight is 346 g/mol. The van der Waals surface area contributed by atoms with Crippen LogP contribution in [-0.4, -0.2) is 35.4 Å². The second kappa shape index (κ2) is 7.83. The minimum absolute atomic E-state index is 0.299. The maximum absolute atomic E-state index is 12.3. The molecular formula is C20H26O5. The number of hydrogen-bond donors (Lipinski definition) is 1. The van der Waals surface area contributed by atoms with Crippen LogP contribution in [0.15, 0.2) is 47.1 Å². The number of allylic oxidation sites excluding steroid dienone is 1. The highest BCUT2D eigenvalue weighted by Crippen LogP contribution is 2.36. The van der Waals surface area contributed by atoms with Crippen molar-refractivity contribution in [2.24, 2.45) is 5.92 Å². The molecule has 1 fully saturated rings. The molecule has 5 nitrogen and oxygen atoms in total. The van der Waals surface area contributed by atoms with Crippen LogP contribution in [0.3, 0.4) is 0 Å². The summed E-state index contributed by atoms with van der Waals surface area (Å²) in [6.45, 7) is 11.0. The number of rotatable bonds is 2. The predicted molar refractivity (Wildman–Crippen MR) is 94.6 cm³/mol. The summed E-state index contributed by atoms with van der Waals surface area (Å²) in [5, 5.41) is 10.2. The van der Waals surface area contributed by atoms with Crippen molar-refractivity contribution in [1.82, 2.24) is 0 Å². The third-order valence-corrected chi connectivity index (χ3v) is 4.84. The van der Waals surface area contributed by atoms with Crippen molar-refractivity contribution in [3.63, 3.8) is 0 Å². The molecule has 1 aliphatic carbocycles. The maximum atomic E-state index is 12.3. The van der Waals surface area contributed by atoms with Gasteiger partial charge < -0.3 is 14.6 Å². The van der Waals surface area contributed by atoms with Crippen molar-refractivity contribution in [2.75, 3.05) is 0 Å². The van der Waals surface area contributed by atoms with Gasteiger partial charge in [0.1, 0.15) is 12.2 Å². The lowest BCUT2D eigenvalue weighted by molar-refractivity contribution is -0.147. The molecule has 25 heavy (non-hydrogen) atoms. The first-order valence-electron chi connectivity index (χ1n) is 8.50. The Balaban J connectivity index is 2.42. The van der Waals surface area contributed by atoms with E-state index >= 15 is 0 Å². The number of carbonyl (C=O) groups excluding carboxylic acids is 2. The minimum Gasteiger partial charge on any atom is -0.458 e. The van der Waals surface area contributed by atoms with E-state index in [1.54, 1.807) is 32.9 Å². The van der Waals surface area contributed by atoms with Crippen molar-refractivity contribution in [2.45, 2.75) is 58.8 Å². The molecule has 1 saturated heterocycles. The predicted octanol–water partition coefficient (Wildman–Crippen LogP) is 3.01. The van der Waals surface area contributed by atoms with Gasteiger partial charge in [0.2, 0.25) is 0 Å². The van der Waals surface area contributed by atoms with E-state index in [2.05, 4.69) is 6.58 Å². The average Bonchev–Trinajstić information content (AvgIpc) is 2.84. The zero-order valence-corrected chi connectivity index (χ0v) is 15.2. The number of ether oxygens (including phenoxy) is 2. The van der Waals surface area contributed by atoms with E-state index < -0.39 is 36.2 Å². The third kappa shape index (κ3) is 4.28. The summed E-state index contributed by atoms with van der Waals surface area (Å²) in [7, 11) is 0. The van der Waals surface area contributed by atoms with E-state index in [-0.39, 0.29) is 0 Å². The summed E-state index contributed by atoms with van der Waals surface area (Å²) >= 11 is 0. The second-order valence-corrected chi connectivity index (χ2v) is 6.75. The first-order chi connectivity index (χ1) is 11.7. The summed E-state index contributed by atoms with van der Waals surface area (Å²) in [5.74, 6) is -1.37. The quantitative estimate of drug-likeness (QED) is 0.473. The molecule has 0 radical (unpaired) electrons. The van der Waals surface area contributed by atoms with Gasteiger partial charge in [-0.25, -0.2) is 9.59 Å². The Morgan fingerprint density at radius 2 is 2.12 bits per heavy atom. The van der Waals surface area contributed by atoms with Gasteiger partial charge in [0.15, 0.2) is 0 Å². The number of aliphatic hydroxyl groups excluding tert-OH is 1. The maximum Gasteiger partial charge on any atom is 0.334 e. The summed E-state index contributed by atoms with van der Waals surface area (Å²) in [4.78, 5) is 24.3. The van der Waals surface area contributed by atoms with Crippen LogP contribution in [0.4, 0.5) is 0 Å². The molecule has 1 aliphatic heterocycles. The second-order valence-electron chi connectivity index (χ2n) is 6.75. The van der Waals surface area contributed by atoms with Gasteiger partial charge in [-0.2, -0.15) is 0 Å². The van der Waals surface area contributed by atoms with Gasteiger partial charge in [-0.1, -0.05) is 24.3 Å². The first-order valence-corrected chi connectivity index (χ1v) is 8.50. The van der Waals surface area contributed by atoms with Crippen molar-refractivity contribution in [3.8, 4) is 0 Å². The molecule has 1 N–H and O–H groups in total. The molecule has 0 spiro atoms. The SMILES string of the molecule is C=C1C(=O)O[C@H]2/C=C(/C)[C@H](O)C/C=C(\C)C[C@@H](OC(=O)/C(C)=C/C)[C@@H]12. The van der Waals surface area contributed by atoms with Crippen LogP contribution < -0.4 is 0 Å². The van der Waals surface area contributed by atoms with Gasteiger partial charge in [-0.05, 0) is 45.8 Å². The first kappa shape index (κ1) is 19.2. The summed E-state index contributed by atoms with van der Waals surface area (Å²) in [5.41, 5.74) is 2.51. The van der Waals surface area contributed by atoms with E-state index in [0.717, 1.165) is 11.1 Å². The molecule has 2 rings (SSSR count). The van der Waals surface area contributed by atoms with Crippen LogP contribution in [-0.2, 0) is 19.1 Å². The van der Waals surface area contributed by atoms with Gasteiger partial charge in [0.05, 0.1) is 12.0 Å². The van der Waals surface area contributed by atoms with Crippen LogP contribution in [0.1, 0.15) is 40.5 Å². The Morgan fingerprint density at radius 1 is 1.44 bits per heavy atom. The molecule has 2 aliphatic rings. The minimum atomic E-state index is -0.632. The highest BCUT2D eigenvalue weighted by atomic mass is 16.6.